The van der Waals surface area contributed by atoms with Crippen molar-refractivity contribution in [2.24, 2.45) is 5.41 Å². The molecule has 2 rings (SSSR count). The van der Waals surface area contributed by atoms with E-state index in [0.717, 1.165) is 26.3 Å². The first-order valence-corrected chi connectivity index (χ1v) is 7.50. The van der Waals surface area contributed by atoms with E-state index in [1.54, 1.807) is 5.56 Å². The van der Waals surface area contributed by atoms with Crippen molar-refractivity contribution in [1.29, 1.82) is 0 Å². The lowest BCUT2D eigenvalue weighted by molar-refractivity contribution is 0.0150. The van der Waals surface area contributed by atoms with Crippen molar-refractivity contribution >= 4 is 0 Å². The summed E-state index contributed by atoms with van der Waals surface area (Å²) in [6.45, 7) is 10.7. The average Bonchev–Trinajstić information content (AvgIpc) is 2.42. The highest BCUT2D eigenvalue weighted by atomic mass is 16.5. The van der Waals surface area contributed by atoms with Crippen LogP contribution >= 0.6 is 0 Å². The standard InChI is InChI=1S/C17H27NO/c1-4-18-13-17(8-10-19-11-9-17)12-16-14(2)6-5-7-15(16)3/h5-7,18H,4,8-13H2,1-3H3. The highest BCUT2D eigenvalue weighted by Gasteiger charge is 2.33. The third-order valence-corrected chi connectivity index (χ3v) is 4.50. The third kappa shape index (κ3) is 3.58. The molecule has 0 aliphatic carbocycles. The first kappa shape index (κ1) is 14.5. The molecule has 0 radical (unpaired) electrons. The summed E-state index contributed by atoms with van der Waals surface area (Å²) >= 11 is 0. The van der Waals surface area contributed by atoms with Gasteiger partial charge in [-0.3, -0.25) is 0 Å². The maximum Gasteiger partial charge on any atom is 0.0471 e. The number of aryl methyl sites for hydroxylation is 2. The Labute approximate surface area is 117 Å². The van der Waals surface area contributed by atoms with E-state index in [0.29, 0.717) is 5.41 Å². The molecule has 0 unspecified atom stereocenters. The van der Waals surface area contributed by atoms with Crippen LogP contribution in [0.4, 0.5) is 0 Å². The van der Waals surface area contributed by atoms with Crippen LogP contribution in [-0.4, -0.2) is 26.3 Å². The van der Waals surface area contributed by atoms with E-state index < -0.39 is 0 Å². The molecule has 1 heterocycles. The predicted molar refractivity (Wildman–Crippen MR) is 80.6 cm³/mol. The van der Waals surface area contributed by atoms with Crippen LogP contribution in [0.3, 0.4) is 0 Å². The minimum Gasteiger partial charge on any atom is -0.381 e. The fraction of sp³-hybridized carbons (Fsp3) is 0.647. The van der Waals surface area contributed by atoms with Crippen molar-refractivity contribution in [3.63, 3.8) is 0 Å². The van der Waals surface area contributed by atoms with Gasteiger partial charge in [-0.2, -0.15) is 0 Å². The largest absolute Gasteiger partial charge is 0.381 e. The molecule has 2 nitrogen and oxygen atoms in total. The maximum absolute atomic E-state index is 5.58. The van der Waals surface area contributed by atoms with Gasteiger partial charge >= 0.3 is 0 Å². The number of hydrogen-bond donors (Lipinski definition) is 1. The van der Waals surface area contributed by atoms with Gasteiger partial charge in [0.25, 0.3) is 0 Å². The number of hydrogen-bond acceptors (Lipinski definition) is 2. The lowest BCUT2D eigenvalue weighted by Crippen LogP contribution is -2.41. The van der Waals surface area contributed by atoms with Crippen LogP contribution in [0, 0.1) is 19.3 Å². The summed E-state index contributed by atoms with van der Waals surface area (Å²) in [5.74, 6) is 0. The van der Waals surface area contributed by atoms with Crippen LogP contribution in [0.1, 0.15) is 36.5 Å². The van der Waals surface area contributed by atoms with E-state index in [1.165, 1.54) is 30.4 Å². The Balaban J connectivity index is 2.19. The van der Waals surface area contributed by atoms with Crippen LogP contribution in [0.2, 0.25) is 0 Å². The Morgan fingerprint density at radius 3 is 2.37 bits per heavy atom. The summed E-state index contributed by atoms with van der Waals surface area (Å²) in [6.07, 6.45) is 3.53. The number of rotatable bonds is 5. The number of nitrogens with one attached hydrogen (secondary N) is 1. The molecule has 1 saturated heterocycles. The Morgan fingerprint density at radius 1 is 1.16 bits per heavy atom. The van der Waals surface area contributed by atoms with Crippen molar-refractivity contribution < 1.29 is 4.74 Å². The number of benzene rings is 1. The van der Waals surface area contributed by atoms with Gasteiger partial charge in [0.1, 0.15) is 0 Å². The molecule has 0 aromatic heterocycles. The van der Waals surface area contributed by atoms with E-state index in [2.05, 4.69) is 44.3 Å². The fourth-order valence-corrected chi connectivity index (χ4v) is 3.11. The first-order chi connectivity index (χ1) is 9.17. The van der Waals surface area contributed by atoms with Gasteiger partial charge in [0.15, 0.2) is 0 Å². The molecule has 1 aromatic carbocycles. The molecule has 0 atom stereocenters. The van der Waals surface area contributed by atoms with E-state index in [1.807, 2.05) is 0 Å². The van der Waals surface area contributed by atoms with Crippen LogP contribution in [0.5, 0.6) is 0 Å². The van der Waals surface area contributed by atoms with Crippen molar-refractivity contribution in [3.05, 3.63) is 34.9 Å². The topological polar surface area (TPSA) is 21.3 Å². The normalized spacial score (nSPS) is 18.5. The highest BCUT2D eigenvalue weighted by molar-refractivity contribution is 5.34. The predicted octanol–water partition coefficient (Wildman–Crippen LogP) is 3.25. The SMILES string of the molecule is CCNCC1(Cc2c(C)cccc2C)CCOCC1. The molecule has 1 aliphatic rings. The molecule has 1 aliphatic heterocycles. The lowest BCUT2D eigenvalue weighted by atomic mass is 9.73. The van der Waals surface area contributed by atoms with Gasteiger partial charge in [0, 0.05) is 19.8 Å². The van der Waals surface area contributed by atoms with E-state index in [9.17, 15) is 0 Å². The minimum atomic E-state index is 0.380. The second-order valence-electron chi connectivity index (χ2n) is 5.94. The molecule has 2 heteroatoms. The van der Waals surface area contributed by atoms with Crippen molar-refractivity contribution in [1.82, 2.24) is 5.32 Å². The highest BCUT2D eigenvalue weighted by Crippen LogP contribution is 2.35. The van der Waals surface area contributed by atoms with E-state index in [4.69, 9.17) is 4.74 Å². The molecule has 19 heavy (non-hydrogen) atoms. The molecule has 1 aromatic rings. The Hall–Kier alpha value is -0.860. The number of ether oxygens (including phenoxy) is 1. The fourth-order valence-electron chi connectivity index (χ4n) is 3.11. The minimum absolute atomic E-state index is 0.380. The zero-order chi connectivity index (χ0) is 13.7. The van der Waals surface area contributed by atoms with Gasteiger partial charge in [-0.05, 0) is 61.8 Å². The molecular formula is C17H27NO. The Morgan fingerprint density at radius 2 is 1.79 bits per heavy atom. The van der Waals surface area contributed by atoms with Gasteiger partial charge < -0.3 is 10.1 Å². The van der Waals surface area contributed by atoms with Crippen molar-refractivity contribution in [2.75, 3.05) is 26.3 Å². The van der Waals surface area contributed by atoms with E-state index in [-0.39, 0.29) is 0 Å². The zero-order valence-corrected chi connectivity index (χ0v) is 12.6. The summed E-state index contributed by atoms with van der Waals surface area (Å²) in [5, 5.41) is 3.56. The van der Waals surface area contributed by atoms with Crippen LogP contribution < -0.4 is 5.32 Å². The molecule has 0 spiro atoms. The van der Waals surface area contributed by atoms with Gasteiger partial charge in [-0.25, -0.2) is 0 Å². The molecule has 106 valence electrons. The second kappa shape index (κ2) is 6.53. The molecule has 0 amide bonds. The third-order valence-electron chi connectivity index (χ3n) is 4.50. The summed E-state index contributed by atoms with van der Waals surface area (Å²) in [7, 11) is 0. The summed E-state index contributed by atoms with van der Waals surface area (Å²) in [5.41, 5.74) is 4.79. The van der Waals surface area contributed by atoms with Gasteiger partial charge in [0.05, 0.1) is 0 Å². The summed E-state index contributed by atoms with van der Waals surface area (Å²) in [6, 6.07) is 6.64. The Kier molecular flexibility index (Phi) is 5.00. The Bertz CT molecular complexity index is 387. The van der Waals surface area contributed by atoms with E-state index >= 15 is 0 Å². The first-order valence-electron chi connectivity index (χ1n) is 7.50. The zero-order valence-electron chi connectivity index (χ0n) is 12.6. The van der Waals surface area contributed by atoms with Crippen LogP contribution in [-0.2, 0) is 11.2 Å². The molecule has 1 fully saturated rings. The van der Waals surface area contributed by atoms with Crippen molar-refractivity contribution in [3.8, 4) is 0 Å². The van der Waals surface area contributed by atoms with Crippen molar-refractivity contribution in [2.45, 2.75) is 40.0 Å². The van der Waals surface area contributed by atoms with Gasteiger partial charge in [-0.1, -0.05) is 25.1 Å². The molecular weight excluding hydrogens is 234 g/mol. The smallest absolute Gasteiger partial charge is 0.0471 e. The maximum atomic E-state index is 5.58. The lowest BCUT2D eigenvalue weighted by Gasteiger charge is -2.38. The average molecular weight is 261 g/mol. The molecule has 1 N–H and O–H groups in total. The second-order valence-corrected chi connectivity index (χ2v) is 5.94. The monoisotopic (exact) mass is 261 g/mol. The van der Waals surface area contributed by atoms with Crippen LogP contribution in [0.25, 0.3) is 0 Å². The quantitative estimate of drug-likeness (QED) is 0.878. The van der Waals surface area contributed by atoms with Gasteiger partial charge in [-0.15, -0.1) is 0 Å². The van der Waals surface area contributed by atoms with Gasteiger partial charge in [0.2, 0.25) is 0 Å². The van der Waals surface area contributed by atoms with Crippen LogP contribution in [0.15, 0.2) is 18.2 Å². The summed E-state index contributed by atoms with van der Waals surface area (Å²) in [4.78, 5) is 0. The molecule has 0 saturated carbocycles. The molecule has 0 bridgehead atoms. The summed E-state index contributed by atoms with van der Waals surface area (Å²) < 4.78 is 5.58.